The van der Waals surface area contributed by atoms with Crippen molar-refractivity contribution < 1.29 is 0 Å². The first kappa shape index (κ1) is 14.3. The van der Waals surface area contributed by atoms with Crippen molar-refractivity contribution in [3.05, 3.63) is 0 Å². The van der Waals surface area contributed by atoms with E-state index in [0.717, 1.165) is 12.1 Å². The number of nitrogens with zero attached hydrogens (tertiary/aromatic N) is 2. The topological polar surface area (TPSA) is 18.5 Å². The first-order chi connectivity index (χ1) is 8.66. The van der Waals surface area contributed by atoms with E-state index in [-0.39, 0.29) is 0 Å². The van der Waals surface area contributed by atoms with E-state index < -0.39 is 0 Å². The van der Waals surface area contributed by atoms with Crippen LogP contribution in [0.1, 0.15) is 46.0 Å². The predicted octanol–water partition coefficient (Wildman–Crippen LogP) is 1.93. The number of hydrogen-bond donors (Lipinski definition) is 1. The smallest absolute Gasteiger partial charge is 0.0195 e. The summed E-state index contributed by atoms with van der Waals surface area (Å²) < 4.78 is 0. The average molecular weight is 253 g/mol. The van der Waals surface area contributed by atoms with E-state index in [2.05, 4.69) is 36.0 Å². The van der Waals surface area contributed by atoms with Gasteiger partial charge in [-0.15, -0.1) is 0 Å². The molecule has 2 aliphatic rings. The Hall–Kier alpha value is -0.120. The van der Waals surface area contributed by atoms with Gasteiger partial charge in [-0.3, -0.25) is 0 Å². The number of likely N-dealkylation sites (N-methyl/N-ethyl adjacent to an activating group) is 1. The highest BCUT2D eigenvalue weighted by atomic mass is 15.2. The molecule has 2 fully saturated rings. The summed E-state index contributed by atoms with van der Waals surface area (Å²) in [6.45, 7) is 9.70. The van der Waals surface area contributed by atoms with Gasteiger partial charge in [-0.1, -0.05) is 0 Å². The number of likely N-dealkylation sites (tertiary alicyclic amines) is 1. The predicted molar refractivity (Wildman–Crippen MR) is 78.0 cm³/mol. The Balaban J connectivity index is 1.77. The van der Waals surface area contributed by atoms with Gasteiger partial charge in [-0.05, 0) is 72.6 Å². The van der Waals surface area contributed by atoms with E-state index in [1.807, 2.05) is 0 Å². The van der Waals surface area contributed by atoms with Crippen molar-refractivity contribution in [2.45, 2.75) is 64.1 Å². The molecule has 1 N–H and O–H groups in total. The van der Waals surface area contributed by atoms with Gasteiger partial charge < -0.3 is 15.1 Å². The minimum atomic E-state index is 0.713. The highest BCUT2D eigenvalue weighted by Crippen LogP contribution is 2.18. The Kier molecular flexibility index (Phi) is 5.46. The fourth-order valence-corrected chi connectivity index (χ4v) is 3.47. The van der Waals surface area contributed by atoms with Crippen LogP contribution in [0.5, 0.6) is 0 Å². The second-order valence-electron chi connectivity index (χ2n) is 6.45. The minimum Gasteiger partial charge on any atom is -0.313 e. The van der Waals surface area contributed by atoms with Crippen molar-refractivity contribution in [3.63, 3.8) is 0 Å². The van der Waals surface area contributed by atoms with Crippen LogP contribution in [0, 0.1) is 0 Å². The van der Waals surface area contributed by atoms with Gasteiger partial charge in [0.2, 0.25) is 0 Å². The molecule has 3 heteroatoms. The summed E-state index contributed by atoms with van der Waals surface area (Å²) >= 11 is 0. The average Bonchev–Trinajstić information content (AvgIpc) is 2.70. The molecule has 106 valence electrons. The molecule has 0 aliphatic carbocycles. The zero-order valence-electron chi connectivity index (χ0n) is 12.5. The molecular weight excluding hydrogens is 222 g/mol. The van der Waals surface area contributed by atoms with Crippen LogP contribution in [-0.2, 0) is 0 Å². The fourth-order valence-electron chi connectivity index (χ4n) is 3.47. The fraction of sp³-hybridized carbons (Fsp3) is 1.00. The molecule has 0 aromatic rings. The van der Waals surface area contributed by atoms with Gasteiger partial charge in [0.15, 0.2) is 0 Å². The van der Waals surface area contributed by atoms with Crippen molar-refractivity contribution in [2.75, 3.05) is 33.2 Å². The minimum absolute atomic E-state index is 0.713. The van der Waals surface area contributed by atoms with Gasteiger partial charge in [0, 0.05) is 24.7 Å². The van der Waals surface area contributed by atoms with E-state index in [9.17, 15) is 0 Å². The van der Waals surface area contributed by atoms with Crippen molar-refractivity contribution in [1.29, 1.82) is 0 Å². The Labute approximate surface area is 113 Å². The number of rotatable bonds is 4. The Bertz CT molecular complexity index is 236. The maximum atomic E-state index is 3.62. The molecule has 0 spiro atoms. The van der Waals surface area contributed by atoms with Crippen LogP contribution in [0.3, 0.4) is 0 Å². The zero-order valence-corrected chi connectivity index (χ0v) is 12.5. The van der Waals surface area contributed by atoms with Gasteiger partial charge in [-0.2, -0.15) is 0 Å². The van der Waals surface area contributed by atoms with Gasteiger partial charge >= 0.3 is 0 Å². The van der Waals surface area contributed by atoms with Crippen LogP contribution in [0.4, 0.5) is 0 Å². The maximum Gasteiger partial charge on any atom is 0.0195 e. The summed E-state index contributed by atoms with van der Waals surface area (Å²) in [6.07, 6.45) is 6.83. The highest BCUT2D eigenvalue weighted by molar-refractivity contribution is 4.82. The number of hydrogen-bond acceptors (Lipinski definition) is 3. The van der Waals surface area contributed by atoms with Crippen LogP contribution in [0.25, 0.3) is 0 Å². The second-order valence-corrected chi connectivity index (χ2v) is 6.45. The largest absolute Gasteiger partial charge is 0.313 e. The third-order valence-corrected chi connectivity index (χ3v) is 4.76. The molecule has 0 bridgehead atoms. The molecule has 2 heterocycles. The van der Waals surface area contributed by atoms with Crippen LogP contribution in [0.15, 0.2) is 0 Å². The molecule has 0 aromatic carbocycles. The molecule has 0 aromatic heterocycles. The molecule has 2 rings (SSSR count). The lowest BCUT2D eigenvalue weighted by Gasteiger charge is -2.30. The lowest BCUT2D eigenvalue weighted by molar-refractivity contribution is 0.191. The Morgan fingerprint density at radius 3 is 2.67 bits per heavy atom. The molecule has 18 heavy (non-hydrogen) atoms. The quantitative estimate of drug-likeness (QED) is 0.826. The van der Waals surface area contributed by atoms with Gasteiger partial charge in [-0.25, -0.2) is 0 Å². The van der Waals surface area contributed by atoms with Gasteiger partial charge in [0.1, 0.15) is 0 Å². The van der Waals surface area contributed by atoms with E-state index in [1.54, 1.807) is 0 Å². The van der Waals surface area contributed by atoms with Crippen molar-refractivity contribution in [1.82, 2.24) is 15.1 Å². The summed E-state index contributed by atoms with van der Waals surface area (Å²) in [5.41, 5.74) is 0. The Morgan fingerprint density at radius 2 is 2.00 bits per heavy atom. The normalized spacial score (nSPS) is 31.2. The molecular formula is C15H31N3. The van der Waals surface area contributed by atoms with E-state index >= 15 is 0 Å². The second kappa shape index (κ2) is 6.88. The van der Waals surface area contributed by atoms with Crippen molar-refractivity contribution >= 4 is 0 Å². The highest BCUT2D eigenvalue weighted by Gasteiger charge is 2.24. The standard InChI is InChI=1S/C15H31N3/c1-13(2)18-10-5-7-15(8-11-18)17(3)12-14-6-4-9-16-14/h13-16H,4-12H2,1-3H3. The SMILES string of the molecule is CC(C)N1CCCC(N(C)CC2CCCN2)CC1. The summed E-state index contributed by atoms with van der Waals surface area (Å²) in [5.74, 6) is 0. The van der Waals surface area contributed by atoms with Crippen LogP contribution < -0.4 is 5.32 Å². The van der Waals surface area contributed by atoms with Crippen LogP contribution in [0.2, 0.25) is 0 Å². The van der Waals surface area contributed by atoms with Crippen molar-refractivity contribution in [2.24, 2.45) is 0 Å². The summed E-state index contributed by atoms with van der Waals surface area (Å²) in [4.78, 5) is 5.26. The van der Waals surface area contributed by atoms with Crippen LogP contribution in [-0.4, -0.2) is 61.2 Å². The van der Waals surface area contributed by atoms with E-state index in [4.69, 9.17) is 0 Å². The molecule has 3 nitrogen and oxygen atoms in total. The monoisotopic (exact) mass is 253 g/mol. The first-order valence-electron chi connectivity index (χ1n) is 7.84. The van der Waals surface area contributed by atoms with Gasteiger partial charge in [0.05, 0.1) is 0 Å². The zero-order chi connectivity index (χ0) is 13.0. The molecule has 2 saturated heterocycles. The molecule has 2 atom stereocenters. The third kappa shape index (κ3) is 3.94. The third-order valence-electron chi connectivity index (χ3n) is 4.76. The molecule has 2 aliphatic heterocycles. The van der Waals surface area contributed by atoms with Crippen LogP contribution >= 0.6 is 0 Å². The lowest BCUT2D eigenvalue weighted by Crippen LogP contribution is -2.41. The molecule has 2 unspecified atom stereocenters. The van der Waals surface area contributed by atoms with Gasteiger partial charge in [0.25, 0.3) is 0 Å². The van der Waals surface area contributed by atoms with E-state index in [0.29, 0.717) is 6.04 Å². The lowest BCUT2D eigenvalue weighted by atomic mass is 10.1. The molecule has 0 amide bonds. The Morgan fingerprint density at radius 1 is 1.17 bits per heavy atom. The molecule has 0 radical (unpaired) electrons. The maximum absolute atomic E-state index is 3.62. The van der Waals surface area contributed by atoms with Crippen molar-refractivity contribution in [3.8, 4) is 0 Å². The summed E-state index contributed by atoms with van der Waals surface area (Å²) in [6, 6.07) is 2.26. The first-order valence-corrected chi connectivity index (χ1v) is 7.84. The summed E-state index contributed by atoms with van der Waals surface area (Å²) in [7, 11) is 2.33. The molecule has 0 saturated carbocycles. The summed E-state index contributed by atoms with van der Waals surface area (Å²) in [5, 5.41) is 3.62. The number of nitrogens with one attached hydrogen (secondary N) is 1. The van der Waals surface area contributed by atoms with E-state index in [1.165, 1.54) is 58.3 Å².